The SMILES string of the molecule is CCCCOc1ccc(-c2nc(C(=O)c3ccc(C)cc3)nc(C(=O)c3ccc(C)cc3)n2)c(O)c1. The highest BCUT2D eigenvalue weighted by atomic mass is 16.5. The van der Waals surface area contributed by atoms with Crippen molar-refractivity contribution in [2.75, 3.05) is 6.61 Å². The van der Waals surface area contributed by atoms with Crippen molar-refractivity contribution >= 4 is 11.6 Å². The lowest BCUT2D eigenvalue weighted by Gasteiger charge is -2.10. The minimum Gasteiger partial charge on any atom is -0.507 e. The number of phenolic OH excluding ortho intramolecular Hbond substituents is 1. The summed E-state index contributed by atoms with van der Waals surface area (Å²) in [6.45, 7) is 6.44. The molecule has 1 heterocycles. The first-order chi connectivity index (χ1) is 17.4. The van der Waals surface area contributed by atoms with Gasteiger partial charge in [0.05, 0.1) is 12.2 Å². The molecule has 4 rings (SSSR count). The number of benzene rings is 3. The highest BCUT2D eigenvalue weighted by Crippen LogP contribution is 2.31. The Kier molecular flexibility index (Phi) is 7.49. The fraction of sp³-hybridized carbons (Fsp3) is 0.207. The van der Waals surface area contributed by atoms with Gasteiger partial charge in [-0.25, -0.2) is 15.0 Å². The Morgan fingerprint density at radius 2 is 1.31 bits per heavy atom. The quantitative estimate of drug-likeness (QED) is 0.249. The molecule has 0 saturated carbocycles. The van der Waals surface area contributed by atoms with Gasteiger partial charge in [0.15, 0.2) is 5.82 Å². The van der Waals surface area contributed by atoms with Crippen LogP contribution >= 0.6 is 0 Å². The van der Waals surface area contributed by atoms with Gasteiger partial charge in [-0.1, -0.05) is 73.0 Å². The number of ketones is 2. The van der Waals surface area contributed by atoms with Crippen LogP contribution < -0.4 is 4.74 Å². The van der Waals surface area contributed by atoms with E-state index in [1.54, 1.807) is 36.4 Å². The zero-order chi connectivity index (χ0) is 25.7. The summed E-state index contributed by atoms with van der Waals surface area (Å²) in [6, 6.07) is 18.8. The van der Waals surface area contributed by atoms with Crippen LogP contribution in [0.15, 0.2) is 66.7 Å². The summed E-state index contributed by atoms with van der Waals surface area (Å²) in [4.78, 5) is 39.4. The number of ether oxygens (including phenoxy) is 1. The van der Waals surface area contributed by atoms with E-state index in [1.165, 1.54) is 6.07 Å². The van der Waals surface area contributed by atoms with Crippen LogP contribution in [-0.4, -0.2) is 38.2 Å². The fourth-order valence-electron chi connectivity index (χ4n) is 3.49. The van der Waals surface area contributed by atoms with E-state index in [4.69, 9.17) is 4.74 Å². The van der Waals surface area contributed by atoms with Crippen LogP contribution in [0, 0.1) is 13.8 Å². The number of carbonyl (C=O) groups excluding carboxylic acids is 2. The highest BCUT2D eigenvalue weighted by Gasteiger charge is 2.22. The molecule has 7 heteroatoms. The molecule has 0 radical (unpaired) electrons. The summed E-state index contributed by atoms with van der Waals surface area (Å²) in [5, 5.41) is 10.7. The summed E-state index contributed by atoms with van der Waals surface area (Å²) in [6.07, 6.45) is 1.88. The van der Waals surface area contributed by atoms with Gasteiger partial charge in [0.25, 0.3) is 0 Å². The third-order valence-corrected chi connectivity index (χ3v) is 5.65. The summed E-state index contributed by atoms with van der Waals surface area (Å²) in [5.41, 5.74) is 3.04. The van der Waals surface area contributed by atoms with E-state index in [-0.39, 0.29) is 28.8 Å². The predicted molar refractivity (Wildman–Crippen MR) is 137 cm³/mol. The van der Waals surface area contributed by atoms with Crippen molar-refractivity contribution in [3.05, 3.63) is 101 Å². The van der Waals surface area contributed by atoms with E-state index >= 15 is 0 Å². The van der Waals surface area contributed by atoms with E-state index in [0.717, 1.165) is 24.0 Å². The third-order valence-electron chi connectivity index (χ3n) is 5.65. The molecule has 36 heavy (non-hydrogen) atoms. The largest absolute Gasteiger partial charge is 0.507 e. The van der Waals surface area contributed by atoms with Crippen molar-refractivity contribution in [3.8, 4) is 22.9 Å². The van der Waals surface area contributed by atoms with Crippen molar-refractivity contribution < 1.29 is 19.4 Å². The van der Waals surface area contributed by atoms with Crippen LogP contribution in [-0.2, 0) is 0 Å². The number of unbranched alkanes of at least 4 members (excludes halogenated alkanes) is 1. The first-order valence-electron chi connectivity index (χ1n) is 11.8. The van der Waals surface area contributed by atoms with Gasteiger partial charge in [0.2, 0.25) is 23.2 Å². The average molecular weight is 482 g/mol. The maximum absolute atomic E-state index is 13.2. The number of phenols is 1. The van der Waals surface area contributed by atoms with E-state index in [0.29, 0.717) is 23.5 Å². The monoisotopic (exact) mass is 481 g/mol. The van der Waals surface area contributed by atoms with Crippen LogP contribution in [0.1, 0.15) is 63.3 Å². The van der Waals surface area contributed by atoms with Gasteiger partial charge < -0.3 is 9.84 Å². The lowest BCUT2D eigenvalue weighted by Crippen LogP contribution is -2.16. The van der Waals surface area contributed by atoms with Crippen molar-refractivity contribution in [3.63, 3.8) is 0 Å². The normalized spacial score (nSPS) is 10.8. The highest BCUT2D eigenvalue weighted by molar-refractivity contribution is 6.09. The molecule has 4 aromatic rings. The van der Waals surface area contributed by atoms with Crippen LogP contribution in [0.2, 0.25) is 0 Å². The fourth-order valence-corrected chi connectivity index (χ4v) is 3.49. The molecule has 182 valence electrons. The molecule has 1 N–H and O–H groups in total. The Balaban J connectivity index is 1.78. The second kappa shape index (κ2) is 10.9. The molecular weight excluding hydrogens is 454 g/mol. The van der Waals surface area contributed by atoms with Gasteiger partial charge in [-0.3, -0.25) is 9.59 Å². The van der Waals surface area contributed by atoms with Gasteiger partial charge in [-0.2, -0.15) is 0 Å². The summed E-state index contributed by atoms with van der Waals surface area (Å²) in [5.74, 6) is -0.855. The Morgan fingerprint density at radius 3 is 1.78 bits per heavy atom. The number of aromatic hydroxyl groups is 1. The molecule has 7 nitrogen and oxygen atoms in total. The maximum Gasteiger partial charge on any atom is 0.230 e. The number of hydrogen-bond acceptors (Lipinski definition) is 7. The number of aromatic nitrogens is 3. The second-order valence-corrected chi connectivity index (χ2v) is 8.58. The standard InChI is InChI=1S/C29H27N3O4/c1-4-5-16-36-22-14-15-23(24(33)17-22)27-30-28(25(34)20-10-6-18(2)7-11-20)32-29(31-27)26(35)21-12-8-19(3)9-13-21/h6-15,17,33H,4-5,16H2,1-3H3. The van der Waals surface area contributed by atoms with Gasteiger partial charge in [0, 0.05) is 17.2 Å². The first-order valence-corrected chi connectivity index (χ1v) is 11.8. The Bertz CT molecular complexity index is 1320. The average Bonchev–Trinajstić information content (AvgIpc) is 2.89. The smallest absolute Gasteiger partial charge is 0.230 e. The first kappa shape index (κ1) is 24.7. The third kappa shape index (κ3) is 5.63. The number of carbonyl (C=O) groups is 2. The molecule has 0 unspecified atom stereocenters. The predicted octanol–water partition coefficient (Wildman–Crippen LogP) is 5.50. The van der Waals surface area contributed by atoms with Crippen molar-refractivity contribution in [2.45, 2.75) is 33.6 Å². The molecule has 0 spiro atoms. The molecule has 0 aliphatic carbocycles. The molecule has 3 aromatic carbocycles. The summed E-state index contributed by atoms with van der Waals surface area (Å²) >= 11 is 0. The topological polar surface area (TPSA) is 102 Å². The molecule has 1 aromatic heterocycles. The van der Waals surface area contributed by atoms with Gasteiger partial charge in [-0.15, -0.1) is 0 Å². The van der Waals surface area contributed by atoms with Gasteiger partial charge >= 0.3 is 0 Å². The minimum absolute atomic E-state index is 0.0218. The Morgan fingerprint density at radius 1 is 0.778 bits per heavy atom. The molecule has 0 saturated heterocycles. The Labute approximate surface area is 209 Å². The molecule has 0 aliphatic heterocycles. The van der Waals surface area contributed by atoms with E-state index in [1.807, 2.05) is 38.1 Å². The number of nitrogens with zero attached hydrogens (tertiary/aromatic N) is 3. The van der Waals surface area contributed by atoms with Crippen LogP contribution in [0.4, 0.5) is 0 Å². The minimum atomic E-state index is -0.449. The number of aryl methyl sites for hydroxylation is 2. The molecule has 0 atom stereocenters. The van der Waals surface area contributed by atoms with Crippen LogP contribution in [0.5, 0.6) is 11.5 Å². The molecular formula is C29H27N3O4. The summed E-state index contributed by atoms with van der Waals surface area (Å²) in [7, 11) is 0. The number of rotatable bonds is 9. The zero-order valence-corrected chi connectivity index (χ0v) is 20.5. The zero-order valence-electron chi connectivity index (χ0n) is 20.5. The molecule has 0 aliphatic rings. The second-order valence-electron chi connectivity index (χ2n) is 8.58. The number of hydrogen-bond donors (Lipinski definition) is 1. The van der Waals surface area contributed by atoms with Crippen LogP contribution in [0.25, 0.3) is 11.4 Å². The lowest BCUT2D eigenvalue weighted by atomic mass is 10.1. The summed E-state index contributed by atoms with van der Waals surface area (Å²) < 4.78 is 5.66. The maximum atomic E-state index is 13.2. The lowest BCUT2D eigenvalue weighted by molar-refractivity contribution is 0.102. The van der Waals surface area contributed by atoms with E-state index in [2.05, 4.69) is 21.9 Å². The van der Waals surface area contributed by atoms with Crippen molar-refractivity contribution in [1.29, 1.82) is 0 Å². The van der Waals surface area contributed by atoms with E-state index < -0.39 is 11.6 Å². The van der Waals surface area contributed by atoms with Gasteiger partial charge in [-0.05, 0) is 32.4 Å². The molecule has 0 amide bonds. The van der Waals surface area contributed by atoms with Crippen molar-refractivity contribution in [1.82, 2.24) is 15.0 Å². The van der Waals surface area contributed by atoms with Crippen LogP contribution in [0.3, 0.4) is 0 Å². The molecule has 0 fully saturated rings. The van der Waals surface area contributed by atoms with Gasteiger partial charge in [0.1, 0.15) is 11.5 Å². The van der Waals surface area contributed by atoms with E-state index in [9.17, 15) is 14.7 Å². The molecule has 0 bridgehead atoms. The Hall–Kier alpha value is -4.39. The van der Waals surface area contributed by atoms with Crippen molar-refractivity contribution in [2.24, 2.45) is 0 Å².